The van der Waals surface area contributed by atoms with E-state index in [0.717, 1.165) is 76.7 Å². The molecule has 0 spiro atoms. The van der Waals surface area contributed by atoms with Crippen LogP contribution in [0.4, 0.5) is 0 Å². The van der Waals surface area contributed by atoms with Crippen LogP contribution in [0.5, 0.6) is 0 Å². The highest BCUT2D eigenvalue weighted by Gasteiger charge is 2.20. The van der Waals surface area contributed by atoms with Crippen LogP contribution in [-0.4, -0.2) is 19.9 Å². The van der Waals surface area contributed by atoms with Crippen molar-refractivity contribution in [2.24, 2.45) is 0 Å². The zero-order valence-corrected chi connectivity index (χ0v) is 28.6. The quantitative estimate of drug-likeness (QED) is 0.136. The van der Waals surface area contributed by atoms with E-state index in [1.807, 2.05) is 48.7 Å². The molecule has 0 radical (unpaired) electrons. The minimum Gasteiger partial charge on any atom is -0.256 e. The Kier molecular flexibility index (Phi) is 5.58. The van der Waals surface area contributed by atoms with Crippen LogP contribution in [0.3, 0.4) is 0 Å². The van der Waals surface area contributed by atoms with E-state index in [1.54, 1.807) is 6.07 Å². The fraction of sp³-hybridized carbons (Fsp3) is 0. The molecule has 0 bridgehead atoms. The van der Waals surface area contributed by atoms with Gasteiger partial charge in [-0.3, -0.25) is 9.97 Å². The molecule has 4 aromatic heterocycles. The number of nitrogens with zero attached hydrogens (tertiary/aromatic N) is 4. The maximum absolute atomic E-state index is 8.74. The van der Waals surface area contributed by atoms with E-state index in [1.165, 1.54) is 0 Å². The molecule has 4 heteroatoms. The van der Waals surface area contributed by atoms with Crippen molar-refractivity contribution in [3.63, 3.8) is 0 Å². The van der Waals surface area contributed by atoms with Crippen LogP contribution in [0.2, 0.25) is 0 Å². The first-order valence-corrected chi connectivity index (χ1v) is 17.7. The van der Waals surface area contributed by atoms with Gasteiger partial charge < -0.3 is 0 Å². The summed E-state index contributed by atoms with van der Waals surface area (Å²) >= 11 is 0. The third-order valence-corrected chi connectivity index (χ3v) is 10.4. The molecule has 7 aromatic carbocycles. The van der Waals surface area contributed by atoms with Crippen molar-refractivity contribution in [1.29, 1.82) is 0 Å². The Hall–Kier alpha value is -7.30. The molecular formula is C50H30N4. The number of pyridine rings is 4. The summed E-state index contributed by atoms with van der Waals surface area (Å²) in [5.74, 6) is 0. The molecular weight excluding hydrogens is 657 g/mol. The third-order valence-electron chi connectivity index (χ3n) is 10.4. The van der Waals surface area contributed by atoms with Gasteiger partial charge in [-0.2, -0.15) is 0 Å². The zero-order chi connectivity index (χ0) is 40.8. The molecule has 0 atom stereocenters. The SMILES string of the molecule is [2H]c1nc(-c2ccc3ccc4ccc(-c5ccc(-c6c7ccccc7c(-c7ccccn7)c7ccccc67)c6ccccc56)nc4c3n2)c2c([2H])c([2H])c([2H])c([2H])c2c1[2H]. The lowest BCUT2D eigenvalue weighted by atomic mass is 9.85. The maximum atomic E-state index is 8.74. The van der Waals surface area contributed by atoms with Crippen LogP contribution in [0.15, 0.2) is 182 Å². The molecule has 54 heavy (non-hydrogen) atoms. The lowest BCUT2D eigenvalue weighted by molar-refractivity contribution is 1.30. The van der Waals surface area contributed by atoms with Crippen LogP contribution < -0.4 is 0 Å². The Balaban J connectivity index is 1.12. The number of aromatic nitrogens is 4. The second-order valence-corrected chi connectivity index (χ2v) is 13.3. The van der Waals surface area contributed by atoms with Crippen molar-refractivity contribution < 1.29 is 8.22 Å². The van der Waals surface area contributed by atoms with Crippen molar-refractivity contribution in [2.45, 2.75) is 0 Å². The first kappa shape index (κ1) is 24.8. The summed E-state index contributed by atoms with van der Waals surface area (Å²) in [5.41, 5.74) is 7.67. The van der Waals surface area contributed by atoms with Crippen LogP contribution in [0.1, 0.15) is 8.22 Å². The largest absolute Gasteiger partial charge is 0.256 e. The van der Waals surface area contributed by atoms with Crippen molar-refractivity contribution >= 4 is 64.9 Å². The Morgan fingerprint density at radius 2 is 0.926 bits per heavy atom. The molecule has 0 aliphatic heterocycles. The summed E-state index contributed by atoms with van der Waals surface area (Å²) in [6.07, 6.45) is 1.44. The molecule has 250 valence electrons. The number of rotatable bonds is 4. The Bertz CT molecular complexity index is 3570. The fourth-order valence-electron chi connectivity index (χ4n) is 7.96. The molecule has 0 saturated heterocycles. The summed E-state index contributed by atoms with van der Waals surface area (Å²) in [6.45, 7) is 0. The Labute approximate surface area is 319 Å². The van der Waals surface area contributed by atoms with E-state index in [2.05, 4.69) is 96.0 Å². The molecule has 0 saturated carbocycles. The minimum atomic E-state index is -0.465. The van der Waals surface area contributed by atoms with E-state index in [-0.39, 0.29) is 34.6 Å². The van der Waals surface area contributed by atoms with Gasteiger partial charge in [-0.25, -0.2) is 9.97 Å². The van der Waals surface area contributed by atoms with E-state index in [9.17, 15) is 0 Å². The highest BCUT2D eigenvalue weighted by Crippen LogP contribution is 2.46. The fourth-order valence-corrected chi connectivity index (χ4v) is 7.96. The third kappa shape index (κ3) is 4.70. The number of hydrogen-bond acceptors (Lipinski definition) is 4. The first-order valence-electron chi connectivity index (χ1n) is 20.7. The van der Waals surface area contributed by atoms with Crippen molar-refractivity contribution in [2.75, 3.05) is 0 Å². The van der Waals surface area contributed by atoms with E-state index in [4.69, 9.17) is 23.2 Å². The molecule has 0 aliphatic rings. The van der Waals surface area contributed by atoms with Gasteiger partial charge in [-0.1, -0.05) is 139 Å². The predicted octanol–water partition coefficient (Wildman–Crippen LogP) is 12.9. The van der Waals surface area contributed by atoms with E-state index >= 15 is 0 Å². The van der Waals surface area contributed by atoms with Crippen molar-refractivity contribution in [3.05, 3.63) is 182 Å². The van der Waals surface area contributed by atoms with Gasteiger partial charge >= 0.3 is 0 Å². The monoisotopic (exact) mass is 692 g/mol. The molecule has 0 N–H and O–H groups in total. The van der Waals surface area contributed by atoms with Gasteiger partial charge in [-0.15, -0.1) is 0 Å². The van der Waals surface area contributed by atoms with Crippen LogP contribution in [-0.2, 0) is 0 Å². The highest BCUT2D eigenvalue weighted by atomic mass is 14.8. The van der Waals surface area contributed by atoms with Gasteiger partial charge in [0.05, 0.1) is 42.0 Å². The predicted molar refractivity (Wildman–Crippen MR) is 224 cm³/mol. The molecule has 4 heterocycles. The Morgan fingerprint density at radius 3 is 1.61 bits per heavy atom. The summed E-state index contributed by atoms with van der Waals surface area (Å²) < 4.78 is 50.8. The van der Waals surface area contributed by atoms with Gasteiger partial charge in [0.2, 0.25) is 0 Å². The minimum absolute atomic E-state index is 0.0567. The van der Waals surface area contributed by atoms with Crippen LogP contribution >= 0.6 is 0 Å². The number of hydrogen-bond donors (Lipinski definition) is 0. The summed E-state index contributed by atoms with van der Waals surface area (Å²) in [7, 11) is 0. The summed E-state index contributed by atoms with van der Waals surface area (Å²) in [6, 6.07) is 45.6. The van der Waals surface area contributed by atoms with Gasteiger partial charge in [-0.05, 0) is 79.1 Å². The van der Waals surface area contributed by atoms with Crippen molar-refractivity contribution in [3.8, 4) is 45.0 Å². The summed E-state index contributed by atoms with van der Waals surface area (Å²) in [4.78, 5) is 19.5. The molecule has 0 amide bonds. The normalized spacial score (nSPS) is 13.3. The average Bonchev–Trinajstić information content (AvgIpc) is 3.29. The van der Waals surface area contributed by atoms with E-state index in [0.29, 0.717) is 16.7 Å². The second kappa shape index (κ2) is 12.1. The average molecular weight is 693 g/mol. The highest BCUT2D eigenvalue weighted by molar-refractivity contribution is 6.24. The molecule has 11 rings (SSSR count). The van der Waals surface area contributed by atoms with Crippen LogP contribution in [0, 0.1) is 0 Å². The lowest BCUT2D eigenvalue weighted by Crippen LogP contribution is -1.94. The van der Waals surface area contributed by atoms with E-state index < -0.39 is 18.3 Å². The van der Waals surface area contributed by atoms with Gasteiger partial charge in [0.1, 0.15) is 0 Å². The standard InChI is InChI=1S/C50H30N4/c1-2-12-34-31(11-1)28-30-52-50(34)45-27-23-33-21-20-32-22-26-43(53-48(32)49(33)54-45)37-24-25-42(36-14-4-3-13-35(36)37)46-38-15-5-7-17-40(38)47(44-19-9-10-29-51-44)41-18-8-6-16-39(41)46/h1-30H/i1D,2D,11D,12D,28D,30D. The summed E-state index contributed by atoms with van der Waals surface area (Å²) in [5, 5.41) is 8.35. The van der Waals surface area contributed by atoms with Crippen molar-refractivity contribution in [1.82, 2.24) is 19.9 Å². The first-order chi connectivity index (χ1) is 29.3. The Morgan fingerprint density at radius 1 is 0.370 bits per heavy atom. The molecule has 11 aromatic rings. The molecule has 0 aliphatic carbocycles. The number of fused-ring (bicyclic) bond motifs is 7. The lowest BCUT2D eigenvalue weighted by Gasteiger charge is -2.19. The van der Waals surface area contributed by atoms with Gasteiger partial charge in [0.15, 0.2) is 0 Å². The molecule has 4 nitrogen and oxygen atoms in total. The molecule has 0 unspecified atom stereocenters. The second-order valence-electron chi connectivity index (χ2n) is 13.3. The number of benzene rings is 7. The maximum Gasteiger partial charge on any atom is 0.0973 e. The van der Waals surface area contributed by atoms with Crippen LogP contribution in [0.25, 0.3) is 110 Å². The van der Waals surface area contributed by atoms with Gasteiger partial charge in [0, 0.05) is 39.7 Å². The molecule has 0 fully saturated rings. The van der Waals surface area contributed by atoms with Gasteiger partial charge in [0.25, 0.3) is 0 Å². The zero-order valence-electron chi connectivity index (χ0n) is 34.6. The smallest absolute Gasteiger partial charge is 0.0973 e. The topological polar surface area (TPSA) is 51.6 Å².